The van der Waals surface area contributed by atoms with E-state index in [9.17, 15) is 13.5 Å². The second kappa shape index (κ2) is 10.8. The molecule has 10 heteroatoms. The smallest absolute Gasteiger partial charge is 0.225 e. The van der Waals surface area contributed by atoms with E-state index in [2.05, 4.69) is 10.6 Å². The van der Waals surface area contributed by atoms with Crippen molar-refractivity contribution in [2.45, 2.75) is 64.5 Å². The van der Waals surface area contributed by atoms with Crippen LogP contribution in [0.2, 0.25) is 0 Å². The van der Waals surface area contributed by atoms with Gasteiger partial charge in [0.2, 0.25) is 15.8 Å². The van der Waals surface area contributed by atoms with Gasteiger partial charge in [0.05, 0.1) is 21.9 Å². The van der Waals surface area contributed by atoms with Crippen molar-refractivity contribution in [3.05, 3.63) is 71.8 Å². The number of nitrogens with zero attached hydrogens (tertiary/aromatic N) is 2. The van der Waals surface area contributed by atoms with Crippen LogP contribution in [0.4, 0.5) is 11.8 Å². The van der Waals surface area contributed by atoms with Gasteiger partial charge in [0.15, 0.2) is 0 Å². The molecule has 2 aliphatic rings. The van der Waals surface area contributed by atoms with Gasteiger partial charge >= 0.3 is 0 Å². The van der Waals surface area contributed by atoms with E-state index in [1.54, 1.807) is 53.9 Å². The van der Waals surface area contributed by atoms with E-state index >= 15 is 0 Å². The largest absolute Gasteiger partial charge is 0.392 e. The molecular formula is C28H28N4O3S3. The van der Waals surface area contributed by atoms with Crippen LogP contribution >= 0.6 is 23.5 Å². The molecular weight excluding hydrogens is 537 g/mol. The molecule has 1 aromatic heterocycles. The Bertz CT molecular complexity index is 1600. The molecule has 0 atom stereocenters. The number of anilines is 2. The van der Waals surface area contributed by atoms with Crippen LogP contribution in [0.25, 0.3) is 10.9 Å². The lowest BCUT2D eigenvalue weighted by Gasteiger charge is -2.17. The van der Waals surface area contributed by atoms with E-state index in [-0.39, 0.29) is 22.9 Å². The Kier molecular flexibility index (Phi) is 7.22. The van der Waals surface area contributed by atoms with Crippen LogP contribution in [-0.2, 0) is 23.0 Å². The Labute approximate surface area is 230 Å². The Morgan fingerprint density at radius 1 is 0.895 bits per heavy atom. The maximum Gasteiger partial charge on any atom is 0.225 e. The second-order valence-corrected chi connectivity index (χ2v) is 13.8. The molecule has 0 radical (unpaired) electrons. The van der Waals surface area contributed by atoms with Gasteiger partial charge in [-0.25, -0.2) is 13.4 Å². The van der Waals surface area contributed by atoms with Gasteiger partial charge in [-0.1, -0.05) is 43.2 Å². The first-order chi connectivity index (χ1) is 18.5. The summed E-state index contributed by atoms with van der Waals surface area (Å²) in [4.78, 5) is 11.9. The summed E-state index contributed by atoms with van der Waals surface area (Å²) in [5.41, 5.74) is 1.86. The third-order valence-corrected chi connectivity index (χ3v) is 11.3. The average Bonchev–Trinajstić information content (AvgIpc) is 3.63. The van der Waals surface area contributed by atoms with Gasteiger partial charge in [-0.15, -0.1) is 23.5 Å². The minimum absolute atomic E-state index is 0.129. The lowest BCUT2D eigenvalue weighted by Crippen LogP contribution is -2.17. The van der Waals surface area contributed by atoms with Gasteiger partial charge in [-0.3, -0.25) is 0 Å². The van der Waals surface area contributed by atoms with Gasteiger partial charge in [0.1, 0.15) is 5.82 Å². The zero-order chi connectivity index (χ0) is 26.1. The molecule has 3 N–H and O–H groups in total. The van der Waals surface area contributed by atoms with Crippen molar-refractivity contribution in [3.8, 4) is 0 Å². The molecule has 38 heavy (non-hydrogen) atoms. The number of rotatable bonds is 8. The molecule has 1 saturated carbocycles. The molecule has 0 saturated heterocycles. The van der Waals surface area contributed by atoms with Crippen LogP contribution in [0, 0.1) is 0 Å². The third-order valence-electron chi connectivity index (χ3n) is 7.01. The molecule has 0 amide bonds. The fourth-order valence-corrected chi connectivity index (χ4v) is 9.30. The minimum Gasteiger partial charge on any atom is -0.392 e. The van der Waals surface area contributed by atoms with E-state index in [0.29, 0.717) is 23.1 Å². The number of nitrogens with one attached hydrogen (secondary N) is 2. The van der Waals surface area contributed by atoms with Crippen molar-refractivity contribution in [3.63, 3.8) is 0 Å². The summed E-state index contributed by atoms with van der Waals surface area (Å²) in [6.45, 7) is -0.101. The SMILES string of the molecule is O=S(=O)(c1ccccc1CO)c1cc2c(cc1CNc1nc(NC3CCCC3)c3ccccc3n1)SCS2. The predicted octanol–water partition coefficient (Wildman–Crippen LogP) is 6.08. The van der Waals surface area contributed by atoms with Crippen LogP contribution in [-0.4, -0.2) is 34.6 Å². The number of sulfone groups is 1. The highest BCUT2D eigenvalue weighted by atomic mass is 32.2. The van der Waals surface area contributed by atoms with Crippen molar-refractivity contribution in [2.24, 2.45) is 0 Å². The molecule has 0 unspecified atom stereocenters. The molecule has 0 spiro atoms. The first-order valence-corrected chi connectivity index (χ1v) is 16.1. The highest BCUT2D eigenvalue weighted by molar-refractivity contribution is 8.18. The third kappa shape index (κ3) is 4.98. The topological polar surface area (TPSA) is 104 Å². The number of para-hydroxylation sites is 1. The summed E-state index contributed by atoms with van der Waals surface area (Å²) >= 11 is 3.35. The van der Waals surface area contributed by atoms with Crippen molar-refractivity contribution >= 4 is 56.0 Å². The first kappa shape index (κ1) is 25.5. The standard InChI is InChI=1S/C28H28N4O3S3/c33-16-18-7-1-6-12-25(18)38(34,35)26-14-24-23(36-17-37-24)13-19(26)15-29-28-31-22-11-5-4-10-21(22)27(32-28)30-20-8-2-3-9-20/h1,4-7,10-14,20,33H,2-3,8-9,15-17H2,(H2,29,30,31,32). The van der Waals surface area contributed by atoms with Crippen molar-refractivity contribution in [1.82, 2.24) is 9.97 Å². The first-order valence-electron chi connectivity index (χ1n) is 12.7. The van der Waals surface area contributed by atoms with Gasteiger partial charge in [-0.05, 0) is 54.3 Å². The molecule has 0 bridgehead atoms. The maximum atomic E-state index is 13.9. The summed E-state index contributed by atoms with van der Waals surface area (Å²) in [7, 11) is -3.87. The molecule has 1 fully saturated rings. The fourth-order valence-electron chi connectivity index (χ4n) is 5.07. The summed E-state index contributed by atoms with van der Waals surface area (Å²) in [5.74, 6) is 1.25. The molecule has 6 rings (SSSR count). The predicted molar refractivity (Wildman–Crippen MR) is 154 cm³/mol. The van der Waals surface area contributed by atoms with Crippen LogP contribution in [0.15, 0.2) is 80.2 Å². The summed E-state index contributed by atoms with van der Waals surface area (Å²) in [6.07, 6.45) is 4.69. The van der Waals surface area contributed by atoms with Gasteiger partial charge in [0.25, 0.3) is 0 Å². The molecule has 196 valence electrons. The molecule has 1 aliphatic carbocycles. The number of aliphatic hydroxyl groups is 1. The van der Waals surface area contributed by atoms with Crippen LogP contribution in [0.1, 0.15) is 36.8 Å². The minimum atomic E-state index is -3.87. The lowest BCUT2D eigenvalue weighted by molar-refractivity contribution is 0.278. The Morgan fingerprint density at radius 2 is 1.63 bits per heavy atom. The maximum absolute atomic E-state index is 13.9. The molecule has 3 aromatic carbocycles. The number of benzene rings is 3. The zero-order valence-electron chi connectivity index (χ0n) is 20.7. The fraction of sp³-hybridized carbons (Fsp3) is 0.286. The number of aromatic nitrogens is 2. The van der Waals surface area contributed by atoms with Crippen LogP contribution in [0.3, 0.4) is 0 Å². The zero-order valence-corrected chi connectivity index (χ0v) is 23.1. The van der Waals surface area contributed by atoms with Crippen LogP contribution < -0.4 is 10.6 Å². The van der Waals surface area contributed by atoms with E-state index in [1.807, 2.05) is 30.3 Å². The van der Waals surface area contributed by atoms with E-state index in [1.165, 1.54) is 12.8 Å². The number of aliphatic hydroxyl groups excluding tert-OH is 1. The highest BCUT2D eigenvalue weighted by Crippen LogP contribution is 2.44. The lowest BCUT2D eigenvalue weighted by atomic mass is 10.2. The number of hydrogen-bond acceptors (Lipinski definition) is 9. The Morgan fingerprint density at radius 3 is 2.45 bits per heavy atom. The molecule has 1 aliphatic heterocycles. The average molecular weight is 565 g/mol. The summed E-state index contributed by atoms with van der Waals surface area (Å²) in [5, 5.41) is 18.6. The van der Waals surface area contributed by atoms with E-state index in [0.717, 1.165) is 44.4 Å². The van der Waals surface area contributed by atoms with Gasteiger partial charge < -0.3 is 15.7 Å². The highest BCUT2D eigenvalue weighted by Gasteiger charge is 2.27. The summed E-state index contributed by atoms with van der Waals surface area (Å²) < 4.78 is 27.7. The van der Waals surface area contributed by atoms with Gasteiger partial charge in [-0.2, -0.15) is 4.98 Å². The number of thioether (sulfide) groups is 2. The molecule has 2 heterocycles. The van der Waals surface area contributed by atoms with E-state index in [4.69, 9.17) is 9.97 Å². The second-order valence-electron chi connectivity index (χ2n) is 9.47. The number of hydrogen-bond donors (Lipinski definition) is 3. The van der Waals surface area contributed by atoms with Crippen molar-refractivity contribution < 1.29 is 13.5 Å². The normalized spacial score (nSPS) is 15.6. The Hall–Kier alpha value is -2.79. The monoisotopic (exact) mass is 564 g/mol. The van der Waals surface area contributed by atoms with Gasteiger partial charge in [0, 0.05) is 32.8 Å². The Balaban J connectivity index is 1.36. The quantitative estimate of drug-likeness (QED) is 0.235. The summed E-state index contributed by atoms with van der Waals surface area (Å²) in [6, 6.07) is 18.7. The van der Waals surface area contributed by atoms with Crippen molar-refractivity contribution in [1.29, 1.82) is 0 Å². The number of fused-ring (bicyclic) bond motifs is 2. The van der Waals surface area contributed by atoms with Crippen LogP contribution in [0.5, 0.6) is 0 Å². The molecule has 7 nitrogen and oxygen atoms in total. The molecule has 4 aromatic rings. The van der Waals surface area contributed by atoms with E-state index < -0.39 is 9.84 Å². The van der Waals surface area contributed by atoms with Crippen molar-refractivity contribution in [2.75, 3.05) is 15.7 Å².